The van der Waals surface area contributed by atoms with Crippen LogP contribution < -0.4 is 5.32 Å². The van der Waals surface area contributed by atoms with Crippen molar-refractivity contribution in [3.8, 4) is 17.1 Å². The molecule has 33 heavy (non-hydrogen) atoms. The van der Waals surface area contributed by atoms with Crippen LogP contribution in [-0.4, -0.2) is 41.6 Å². The van der Waals surface area contributed by atoms with Gasteiger partial charge in [-0.05, 0) is 56.5 Å². The Hall–Kier alpha value is -3.62. The summed E-state index contributed by atoms with van der Waals surface area (Å²) in [5, 5.41) is 31.6. The molecule has 0 spiro atoms. The van der Waals surface area contributed by atoms with E-state index in [9.17, 15) is 10.2 Å². The molecular weight excluding hydrogens is 416 g/mol. The lowest BCUT2D eigenvalue weighted by Gasteiger charge is -2.20. The first-order chi connectivity index (χ1) is 16.0. The quantitative estimate of drug-likeness (QED) is 0.380. The summed E-state index contributed by atoms with van der Waals surface area (Å²) in [7, 11) is 0. The van der Waals surface area contributed by atoms with E-state index in [2.05, 4.69) is 49.7 Å². The number of benzene rings is 1. The molecule has 0 aliphatic heterocycles. The van der Waals surface area contributed by atoms with Gasteiger partial charge >= 0.3 is 0 Å². The molecule has 0 saturated heterocycles. The second kappa shape index (κ2) is 9.89. The predicted octanol–water partition coefficient (Wildman–Crippen LogP) is 3.68. The van der Waals surface area contributed by atoms with Gasteiger partial charge in [0.15, 0.2) is 5.82 Å². The van der Waals surface area contributed by atoms with Gasteiger partial charge in [0, 0.05) is 12.8 Å². The summed E-state index contributed by atoms with van der Waals surface area (Å²) in [5.74, 6) is 0.658. The Morgan fingerprint density at radius 2 is 1.76 bits per heavy atom. The number of pyridine rings is 1. The van der Waals surface area contributed by atoms with Gasteiger partial charge < -0.3 is 20.1 Å². The molecule has 0 aliphatic carbocycles. The minimum Gasteiger partial charge on any atom is -0.396 e. The fraction of sp³-hybridized carbons (Fsp3) is 0.280. The van der Waals surface area contributed by atoms with Gasteiger partial charge in [-0.2, -0.15) is 0 Å². The van der Waals surface area contributed by atoms with E-state index in [1.807, 2.05) is 49.7 Å². The molecule has 0 saturated carbocycles. The monoisotopic (exact) mass is 444 g/mol. The number of imidazole rings is 1. The Morgan fingerprint density at radius 3 is 2.39 bits per heavy atom. The Kier molecular flexibility index (Phi) is 6.76. The highest BCUT2D eigenvalue weighted by Crippen LogP contribution is 2.26. The molecule has 3 heterocycles. The molecule has 1 atom stereocenters. The van der Waals surface area contributed by atoms with Gasteiger partial charge in [-0.1, -0.05) is 29.8 Å². The largest absolute Gasteiger partial charge is 0.396 e. The predicted molar refractivity (Wildman–Crippen MR) is 127 cm³/mol. The summed E-state index contributed by atoms with van der Waals surface area (Å²) >= 11 is 0. The van der Waals surface area contributed by atoms with Crippen LogP contribution in [0.15, 0.2) is 55.0 Å². The lowest BCUT2D eigenvalue weighted by atomic mass is 10.0. The van der Waals surface area contributed by atoms with Crippen LogP contribution in [-0.2, 0) is 6.61 Å². The molecule has 8 nitrogen and oxygen atoms in total. The maximum Gasteiger partial charge on any atom is 0.152 e. The van der Waals surface area contributed by atoms with E-state index in [4.69, 9.17) is 0 Å². The zero-order valence-corrected chi connectivity index (χ0v) is 19.0. The SMILES string of the molecule is Cc1ccc([C@H](CCO)Nc2nnc(-c3ccc(-n4cnc(C)c4)c(CO)n3)cc2C)cc1. The van der Waals surface area contributed by atoms with E-state index in [1.54, 1.807) is 6.33 Å². The molecule has 4 rings (SSSR count). The average Bonchev–Trinajstić information content (AvgIpc) is 3.26. The molecule has 3 aromatic heterocycles. The van der Waals surface area contributed by atoms with Crippen molar-refractivity contribution in [2.24, 2.45) is 0 Å². The normalized spacial score (nSPS) is 12.0. The smallest absolute Gasteiger partial charge is 0.152 e. The van der Waals surface area contributed by atoms with Crippen LogP contribution in [0.25, 0.3) is 17.1 Å². The van der Waals surface area contributed by atoms with Gasteiger partial charge in [0.05, 0.1) is 41.7 Å². The maximum atomic E-state index is 9.87. The fourth-order valence-electron chi connectivity index (χ4n) is 3.71. The van der Waals surface area contributed by atoms with Crippen molar-refractivity contribution in [3.05, 3.63) is 83.1 Å². The lowest BCUT2D eigenvalue weighted by molar-refractivity contribution is 0.276. The Labute approximate surface area is 193 Å². The van der Waals surface area contributed by atoms with E-state index < -0.39 is 0 Å². The van der Waals surface area contributed by atoms with Crippen molar-refractivity contribution in [1.82, 2.24) is 24.7 Å². The number of aliphatic hydroxyl groups is 2. The second-order valence-electron chi connectivity index (χ2n) is 8.12. The topological polar surface area (TPSA) is 109 Å². The molecule has 0 amide bonds. The minimum atomic E-state index is -0.203. The third-order valence-electron chi connectivity index (χ3n) is 5.55. The highest BCUT2D eigenvalue weighted by Gasteiger charge is 2.15. The Balaban J connectivity index is 1.59. The summed E-state index contributed by atoms with van der Waals surface area (Å²) in [6.45, 7) is 5.78. The van der Waals surface area contributed by atoms with Crippen molar-refractivity contribution in [2.75, 3.05) is 11.9 Å². The fourth-order valence-corrected chi connectivity index (χ4v) is 3.71. The zero-order chi connectivity index (χ0) is 23.4. The third-order valence-corrected chi connectivity index (χ3v) is 5.55. The van der Waals surface area contributed by atoms with Crippen LogP contribution in [0.3, 0.4) is 0 Å². The molecule has 3 N–H and O–H groups in total. The molecule has 4 aromatic rings. The number of nitrogens with zero attached hydrogens (tertiary/aromatic N) is 5. The van der Waals surface area contributed by atoms with Gasteiger partial charge in [0.2, 0.25) is 0 Å². The number of aromatic nitrogens is 5. The Bertz CT molecular complexity index is 1240. The summed E-state index contributed by atoms with van der Waals surface area (Å²) < 4.78 is 1.84. The number of hydrogen-bond donors (Lipinski definition) is 3. The third kappa shape index (κ3) is 5.08. The van der Waals surface area contributed by atoms with Crippen molar-refractivity contribution in [1.29, 1.82) is 0 Å². The average molecular weight is 445 g/mol. The first-order valence-electron chi connectivity index (χ1n) is 10.9. The first kappa shape index (κ1) is 22.6. The van der Waals surface area contributed by atoms with Gasteiger partial charge in [-0.3, -0.25) is 0 Å². The van der Waals surface area contributed by atoms with E-state index in [0.29, 0.717) is 29.3 Å². The molecule has 0 unspecified atom stereocenters. The van der Waals surface area contributed by atoms with Crippen LogP contribution in [0, 0.1) is 20.8 Å². The lowest BCUT2D eigenvalue weighted by Crippen LogP contribution is -2.15. The number of hydrogen-bond acceptors (Lipinski definition) is 7. The van der Waals surface area contributed by atoms with Gasteiger partial charge in [0.1, 0.15) is 5.69 Å². The molecule has 8 heteroatoms. The molecule has 0 radical (unpaired) electrons. The molecule has 0 bridgehead atoms. The van der Waals surface area contributed by atoms with Gasteiger partial charge in [-0.15, -0.1) is 10.2 Å². The first-order valence-corrected chi connectivity index (χ1v) is 10.9. The number of anilines is 1. The highest BCUT2D eigenvalue weighted by molar-refractivity contribution is 5.60. The van der Waals surface area contributed by atoms with Crippen molar-refractivity contribution in [2.45, 2.75) is 39.8 Å². The van der Waals surface area contributed by atoms with Crippen molar-refractivity contribution in [3.63, 3.8) is 0 Å². The summed E-state index contributed by atoms with van der Waals surface area (Å²) in [6.07, 6.45) is 4.14. The Morgan fingerprint density at radius 1 is 0.970 bits per heavy atom. The molecular formula is C25H28N6O2. The highest BCUT2D eigenvalue weighted by atomic mass is 16.3. The van der Waals surface area contributed by atoms with Crippen LogP contribution in [0.5, 0.6) is 0 Å². The molecule has 1 aromatic carbocycles. The minimum absolute atomic E-state index is 0.0622. The van der Waals surface area contributed by atoms with Crippen molar-refractivity contribution >= 4 is 5.82 Å². The summed E-state index contributed by atoms with van der Waals surface area (Å²) in [5.41, 5.74) is 6.63. The van der Waals surface area contributed by atoms with Gasteiger partial charge in [0.25, 0.3) is 0 Å². The number of rotatable bonds is 8. The summed E-state index contributed by atoms with van der Waals surface area (Å²) in [4.78, 5) is 8.85. The summed E-state index contributed by atoms with van der Waals surface area (Å²) in [6, 6.07) is 13.8. The molecule has 0 fully saturated rings. The number of aryl methyl sites for hydroxylation is 3. The number of aliphatic hydroxyl groups excluding tert-OH is 2. The van der Waals surface area contributed by atoms with E-state index >= 15 is 0 Å². The van der Waals surface area contributed by atoms with E-state index in [0.717, 1.165) is 22.5 Å². The maximum absolute atomic E-state index is 9.87. The molecule has 0 aliphatic rings. The van der Waals surface area contributed by atoms with Crippen LogP contribution in [0.2, 0.25) is 0 Å². The van der Waals surface area contributed by atoms with Crippen molar-refractivity contribution < 1.29 is 10.2 Å². The standard InChI is InChI=1S/C25H28N6O2/c1-16-4-6-19(7-5-16)20(10-11-32)28-25-17(2)12-22(29-30-25)21-8-9-24(23(14-33)27-21)31-13-18(3)26-15-31/h4-9,12-13,15,20,32-33H,10-11,14H2,1-3H3,(H,28,30)/t20-/m0/s1. The van der Waals surface area contributed by atoms with Crippen LogP contribution >= 0.6 is 0 Å². The van der Waals surface area contributed by atoms with E-state index in [-0.39, 0.29) is 19.3 Å². The zero-order valence-electron chi connectivity index (χ0n) is 19.0. The van der Waals surface area contributed by atoms with Gasteiger partial charge in [-0.25, -0.2) is 9.97 Å². The second-order valence-corrected chi connectivity index (χ2v) is 8.12. The number of nitrogens with one attached hydrogen (secondary N) is 1. The van der Waals surface area contributed by atoms with Crippen LogP contribution in [0.1, 0.15) is 40.5 Å². The van der Waals surface area contributed by atoms with Crippen LogP contribution in [0.4, 0.5) is 5.82 Å². The molecule has 170 valence electrons. The van der Waals surface area contributed by atoms with E-state index in [1.165, 1.54) is 5.56 Å².